The number of unbranched alkanes of at least 4 members (excludes halogenated alkanes) is 11. The molecule has 0 saturated carbocycles. The van der Waals surface area contributed by atoms with Crippen molar-refractivity contribution in [3.8, 4) is 0 Å². The smallest absolute Gasteiger partial charge is 0.462 e. The molecule has 0 aromatic carbocycles. The van der Waals surface area contributed by atoms with E-state index in [9.17, 15) is 48.6 Å². The van der Waals surface area contributed by atoms with Crippen LogP contribution in [-0.2, 0) is 46.3 Å². The van der Waals surface area contributed by atoms with Gasteiger partial charge in [-0.2, -0.15) is 9.29 Å². The fourth-order valence-corrected chi connectivity index (χ4v) is 9.01. The lowest BCUT2D eigenvalue weighted by atomic mass is 10.1. The molecule has 2 heterocycles. The molecule has 2 unspecified atom stereocenters. The second-order valence-corrected chi connectivity index (χ2v) is 20.3. The van der Waals surface area contributed by atoms with E-state index in [0.29, 0.717) is 25.7 Å². The average Bonchev–Trinajstić information content (AvgIpc) is 3.59. The van der Waals surface area contributed by atoms with Crippen LogP contribution in [-0.4, -0.2) is 96.9 Å². The van der Waals surface area contributed by atoms with E-state index in [0.717, 1.165) is 81.4 Å². The molecule has 1 aromatic rings. The molecule has 7 N–H and O–H groups in total. The van der Waals surface area contributed by atoms with Crippen molar-refractivity contribution in [3.63, 3.8) is 0 Å². The topological polar surface area (TPSA) is 286 Å². The third-order valence-corrected chi connectivity index (χ3v) is 13.4. The molecule has 402 valence electrons. The highest BCUT2D eigenvalue weighted by molar-refractivity contribution is 7.61. The van der Waals surface area contributed by atoms with Gasteiger partial charge in [-0.1, -0.05) is 118 Å². The minimum Gasteiger partial charge on any atom is -0.462 e. The number of aliphatic hydroxyl groups excluding tert-OH is 3. The monoisotopic (exact) mass is 1040 g/mol. The van der Waals surface area contributed by atoms with Gasteiger partial charge in [0.2, 0.25) is 0 Å². The first-order valence-electron chi connectivity index (χ1n) is 25.0. The molecular formula is C50H81N3O16P2. The predicted octanol–water partition coefficient (Wildman–Crippen LogP) is 9.08. The summed E-state index contributed by atoms with van der Waals surface area (Å²) in [6, 6.07) is 1.24. The number of nitrogen functional groups attached to an aromatic ring is 1. The Labute approximate surface area is 419 Å². The van der Waals surface area contributed by atoms with Gasteiger partial charge in [0, 0.05) is 19.0 Å². The molecule has 8 atom stereocenters. The summed E-state index contributed by atoms with van der Waals surface area (Å²) >= 11 is 0. The molecule has 0 radical (unpaired) electrons. The maximum atomic E-state index is 12.8. The lowest BCUT2D eigenvalue weighted by molar-refractivity contribution is -0.161. The fourth-order valence-electron chi connectivity index (χ4n) is 6.90. The number of aromatic nitrogens is 2. The standard InChI is InChI=1S/C50H81N3O16P2/c1-3-4-5-6-7-8-9-10-12-16-19-22-25-28-31-34-45(55)64-38-42(67-46(56)35-32-29-26-23-20-17-14-11-13-15-18-21-24-27-30-33-41(2)54)39-65-70(60,61)69-71(62,63)66-40-43-47(57)48(58)49(68-43)53-37-36-44(51)52-50(53)59/h8-10,12-15,17,21,23-24,26,36-37,41-43,47-49,54,57-58H,3-7,11,16,18-20,22,25,27-35,38-40H2,1-2H3,(H,60,61)(H,62,63)(H2,51,52,59)/b9-8-,12-10-,15-13-,17-14-,24-21-,26-23-/t41-,42+,43+,47+,48+,49+/m0/s1. The Balaban J connectivity index is 1.84. The number of nitrogens with zero attached hydrogens (tertiary/aromatic N) is 2. The van der Waals surface area contributed by atoms with Crippen LogP contribution in [0.5, 0.6) is 0 Å². The second kappa shape index (κ2) is 37.8. The van der Waals surface area contributed by atoms with Crippen molar-refractivity contribution in [2.45, 2.75) is 185 Å². The van der Waals surface area contributed by atoms with Crippen LogP contribution in [0.25, 0.3) is 0 Å². The summed E-state index contributed by atoms with van der Waals surface area (Å²) in [5, 5.41) is 30.2. The molecule has 0 amide bonds. The lowest BCUT2D eigenvalue weighted by Gasteiger charge is -2.21. The Morgan fingerprint density at radius 3 is 1.92 bits per heavy atom. The Morgan fingerprint density at radius 2 is 1.30 bits per heavy atom. The summed E-state index contributed by atoms with van der Waals surface area (Å²) in [5.41, 5.74) is 4.57. The minimum atomic E-state index is -5.45. The lowest BCUT2D eigenvalue weighted by Crippen LogP contribution is -2.36. The van der Waals surface area contributed by atoms with Crippen molar-refractivity contribution < 1.29 is 71.4 Å². The third-order valence-electron chi connectivity index (χ3n) is 10.8. The zero-order valence-corrected chi connectivity index (χ0v) is 43.4. The highest BCUT2D eigenvalue weighted by Gasteiger charge is 2.46. The van der Waals surface area contributed by atoms with Crippen LogP contribution in [0.15, 0.2) is 90.0 Å². The van der Waals surface area contributed by atoms with Crippen LogP contribution in [0.3, 0.4) is 0 Å². The molecule has 1 saturated heterocycles. The van der Waals surface area contributed by atoms with E-state index < -0.39 is 83.7 Å². The normalized spacial score (nSPS) is 20.2. The number of hydrogen-bond donors (Lipinski definition) is 6. The molecule has 1 aromatic heterocycles. The maximum Gasteiger partial charge on any atom is 0.481 e. The van der Waals surface area contributed by atoms with E-state index in [4.69, 9.17) is 29.0 Å². The molecule has 21 heteroatoms. The molecule has 0 spiro atoms. The highest BCUT2D eigenvalue weighted by atomic mass is 31.3. The Hall–Kier alpha value is -3.84. The fraction of sp³-hybridized carbons (Fsp3) is 0.640. The van der Waals surface area contributed by atoms with Crippen LogP contribution in [0.1, 0.15) is 155 Å². The first kappa shape index (κ1) is 63.3. The SMILES string of the molecule is CCCCCC/C=C\C=C/CCCCCCCC(=O)OC[C@H](COP(=O)(O)OP(=O)(O)OC[C@H]1O[C@@H](n2ccc(N)nc2=O)[C@H](O)[C@@H]1O)OC(=O)CCC/C=C\C/C=C\C/C=C\C/C=C\CCC[C@H](C)O. The summed E-state index contributed by atoms with van der Waals surface area (Å²) in [4.78, 5) is 61.8. The van der Waals surface area contributed by atoms with E-state index in [1.165, 1.54) is 31.7 Å². The van der Waals surface area contributed by atoms with E-state index in [-0.39, 0.29) is 24.8 Å². The number of allylic oxidation sites excluding steroid dienone is 12. The van der Waals surface area contributed by atoms with Gasteiger partial charge >= 0.3 is 33.3 Å². The van der Waals surface area contributed by atoms with Crippen molar-refractivity contribution in [2.75, 3.05) is 25.6 Å². The maximum absolute atomic E-state index is 12.8. The Morgan fingerprint density at radius 1 is 0.746 bits per heavy atom. The number of anilines is 1. The van der Waals surface area contributed by atoms with Gasteiger partial charge in [0.05, 0.1) is 19.3 Å². The van der Waals surface area contributed by atoms with Crippen molar-refractivity contribution in [1.82, 2.24) is 9.55 Å². The quantitative estimate of drug-likeness (QED) is 0.0117. The molecule has 2 rings (SSSR count). The molecule has 0 aliphatic carbocycles. The summed E-state index contributed by atoms with van der Waals surface area (Å²) < 4.78 is 56.6. The zero-order chi connectivity index (χ0) is 52.2. The third kappa shape index (κ3) is 31.4. The predicted molar refractivity (Wildman–Crippen MR) is 271 cm³/mol. The first-order valence-corrected chi connectivity index (χ1v) is 28.0. The average molecular weight is 1040 g/mol. The van der Waals surface area contributed by atoms with Gasteiger partial charge in [0.1, 0.15) is 30.7 Å². The molecular weight excluding hydrogens is 961 g/mol. The number of carbonyl (C=O) groups excluding carboxylic acids is 2. The number of carbonyl (C=O) groups is 2. The number of rotatable bonds is 40. The highest BCUT2D eigenvalue weighted by Crippen LogP contribution is 2.60. The van der Waals surface area contributed by atoms with Crippen LogP contribution in [0.2, 0.25) is 0 Å². The summed E-state index contributed by atoms with van der Waals surface area (Å²) in [7, 11) is -10.9. The van der Waals surface area contributed by atoms with E-state index in [1.807, 2.05) is 18.2 Å². The van der Waals surface area contributed by atoms with Crippen LogP contribution < -0.4 is 11.4 Å². The number of ether oxygens (including phenoxy) is 3. The number of nitrogens with two attached hydrogens (primary N) is 1. The van der Waals surface area contributed by atoms with Gasteiger partial charge < -0.3 is 45.1 Å². The zero-order valence-electron chi connectivity index (χ0n) is 41.6. The summed E-state index contributed by atoms with van der Waals surface area (Å²) in [6.45, 7) is 1.60. The van der Waals surface area contributed by atoms with E-state index in [1.54, 1.807) is 6.92 Å². The second-order valence-electron chi connectivity index (χ2n) is 17.3. The Kier molecular flexibility index (Phi) is 33.7. The van der Waals surface area contributed by atoms with E-state index in [2.05, 4.69) is 70.9 Å². The van der Waals surface area contributed by atoms with Gasteiger partial charge in [-0.05, 0) is 96.5 Å². The van der Waals surface area contributed by atoms with Crippen molar-refractivity contribution >= 4 is 33.4 Å². The largest absolute Gasteiger partial charge is 0.481 e. The van der Waals surface area contributed by atoms with Gasteiger partial charge in [0.25, 0.3) is 0 Å². The van der Waals surface area contributed by atoms with Crippen molar-refractivity contribution in [1.29, 1.82) is 0 Å². The molecule has 1 fully saturated rings. The number of hydrogen-bond acceptors (Lipinski definition) is 16. The molecule has 71 heavy (non-hydrogen) atoms. The molecule has 1 aliphatic heterocycles. The van der Waals surface area contributed by atoms with Crippen LogP contribution in [0, 0.1) is 0 Å². The minimum absolute atomic E-state index is 0.0445. The molecule has 1 aliphatic rings. The number of phosphoric acid groups is 2. The van der Waals surface area contributed by atoms with E-state index >= 15 is 0 Å². The Bertz CT molecular complexity index is 1990. The van der Waals surface area contributed by atoms with Crippen LogP contribution >= 0.6 is 15.6 Å². The van der Waals surface area contributed by atoms with Crippen molar-refractivity contribution in [2.24, 2.45) is 0 Å². The number of phosphoric ester groups is 2. The van der Waals surface area contributed by atoms with Gasteiger partial charge in [-0.25, -0.2) is 13.9 Å². The summed E-state index contributed by atoms with van der Waals surface area (Å²) in [5.74, 6) is -1.41. The number of esters is 2. The van der Waals surface area contributed by atoms with Gasteiger partial charge in [0.15, 0.2) is 12.3 Å². The van der Waals surface area contributed by atoms with Crippen molar-refractivity contribution in [3.05, 3.63) is 95.7 Å². The molecule has 19 nitrogen and oxygen atoms in total. The van der Waals surface area contributed by atoms with Gasteiger partial charge in [-0.3, -0.25) is 23.2 Å². The molecule has 0 bridgehead atoms. The first-order chi connectivity index (χ1) is 34.0. The van der Waals surface area contributed by atoms with Crippen LogP contribution in [0.4, 0.5) is 5.82 Å². The summed E-state index contributed by atoms with van der Waals surface area (Å²) in [6.07, 6.45) is 35.5. The number of aliphatic hydroxyl groups is 3. The van der Waals surface area contributed by atoms with Gasteiger partial charge in [-0.15, -0.1) is 0 Å².